The summed E-state index contributed by atoms with van der Waals surface area (Å²) >= 11 is 0. The van der Waals surface area contributed by atoms with Gasteiger partial charge >= 0.3 is 5.97 Å². The summed E-state index contributed by atoms with van der Waals surface area (Å²) in [5.74, 6) is 0.366. The lowest BCUT2D eigenvalue weighted by atomic mass is 9.76. The summed E-state index contributed by atoms with van der Waals surface area (Å²) in [5, 5.41) is 2.76. The highest BCUT2D eigenvalue weighted by molar-refractivity contribution is 5.83. The molecule has 0 aliphatic heterocycles. The Labute approximate surface area is 155 Å². The van der Waals surface area contributed by atoms with Gasteiger partial charge in [0.25, 0.3) is 0 Å². The van der Waals surface area contributed by atoms with Gasteiger partial charge in [-0.05, 0) is 48.3 Å². The Bertz CT molecular complexity index is 418. The zero-order valence-corrected chi connectivity index (χ0v) is 18.0. The van der Waals surface area contributed by atoms with Crippen LogP contribution in [0.2, 0.25) is 0 Å². The van der Waals surface area contributed by atoms with Gasteiger partial charge in [0.1, 0.15) is 6.54 Å². The third-order valence-electron chi connectivity index (χ3n) is 4.52. The summed E-state index contributed by atoms with van der Waals surface area (Å²) < 4.78 is 4.62. The van der Waals surface area contributed by atoms with E-state index in [1.807, 2.05) is 0 Å². The van der Waals surface area contributed by atoms with E-state index in [1.165, 1.54) is 7.11 Å². The number of hydrogen-bond acceptors (Lipinski definition) is 3. The molecule has 0 aromatic heterocycles. The Morgan fingerprint density at radius 2 is 1.44 bits per heavy atom. The van der Waals surface area contributed by atoms with E-state index in [4.69, 9.17) is 0 Å². The Morgan fingerprint density at radius 3 is 1.88 bits per heavy atom. The second-order valence-corrected chi connectivity index (χ2v) is 10.1. The lowest BCUT2D eigenvalue weighted by Gasteiger charge is -2.30. The molecule has 0 spiro atoms. The predicted molar refractivity (Wildman–Crippen MR) is 104 cm³/mol. The van der Waals surface area contributed by atoms with Crippen molar-refractivity contribution >= 4 is 11.9 Å². The number of nitrogens with one attached hydrogen (secondary N) is 1. The van der Waals surface area contributed by atoms with Crippen LogP contribution in [0.3, 0.4) is 0 Å². The Morgan fingerprint density at radius 1 is 0.920 bits per heavy atom. The monoisotopic (exact) mass is 355 g/mol. The molecule has 4 heteroatoms. The fourth-order valence-corrected chi connectivity index (χ4v) is 3.76. The number of ether oxygens (including phenoxy) is 1. The largest absolute Gasteiger partial charge is 0.468 e. The molecule has 0 fully saturated rings. The molecule has 0 aromatic rings. The van der Waals surface area contributed by atoms with Crippen LogP contribution >= 0.6 is 0 Å². The molecule has 0 radical (unpaired) electrons. The first-order valence-corrected chi connectivity index (χ1v) is 9.59. The molecule has 4 nitrogen and oxygen atoms in total. The molecule has 0 heterocycles. The van der Waals surface area contributed by atoms with Crippen molar-refractivity contribution in [1.29, 1.82) is 0 Å². The van der Waals surface area contributed by atoms with Gasteiger partial charge in [0.05, 0.1) is 7.11 Å². The van der Waals surface area contributed by atoms with Gasteiger partial charge in [-0.15, -0.1) is 0 Å². The lowest BCUT2D eigenvalue weighted by Crippen LogP contribution is -2.38. The maximum absolute atomic E-state index is 12.7. The fourth-order valence-electron chi connectivity index (χ4n) is 3.76. The molecule has 0 aliphatic rings. The second-order valence-electron chi connectivity index (χ2n) is 10.1. The Balaban J connectivity index is 4.88. The predicted octanol–water partition coefficient (Wildman–Crippen LogP) is 4.82. The smallest absolute Gasteiger partial charge is 0.325 e. The lowest BCUT2D eigenvalue weighted by molar-refractivity contribution is -0.142. The zero-order valence-electron chi connectivity index (χ0n) is 18.0. The van der Waals surface area contributed by atoms with Crippen LogP contribution in [0.15, 0.2) is 0 Å². The second kappa shape index (κ2) is 10.2. The molecule has 1 amide bonds. The Hall–Kier alpha value is -1.06. The van der Waals surface area contributed by atoms with E-state index in [1.54, 1.807) is 0 Å². The van der Waals surface area contributed by atoms with Crippen LogP contribution in [-0.2, 0) is 14.3 Å². The molecule has 1 N–H and O–H groups in total. The van der Waals surface area contributed by atoms with Crippen LogP contribution in [0, 0.1) is 28.6 Å². The highest BCUT2D eigenvalue weighted by atomic mass is 16.5. The van der Waals surface area contributed by atoms with Crippen LogP contribution in [0.4, 0.5) is 0 Å². The summed E-state index contributed by atoms with van der Waals surface area (Å²) in [6.45, 7) is 17.8. The van der Waals surface area contributed by atoms with Gasteiger partial charge < -0.3 is 10.1 Å². The summed E-state index contributed by atoms with van der Waals surface area (Å²) in [6.07, 6.45) is 4.03. The number of esters is 1. The topological polar surface area (TPSA) is 55.4 Å². The first-order valence-electron chi connectivity index (χ1n) is 9.59. The van der Waals surface area contributed by atoms with Crippen molar-refractivity contribution < 1.29 is 14.3 Å². The maximum atomic E-state index is 12.7. The first kappa shape index (κ1) is 23.9. The SMILES string of the molecule is COC(=O)CNC(=O)C(CCC(C)CC(C)(C)C)C(C)CC(C)(C)C. The highest BCUT2D eigenvalue weighted by Gasteiger charge is 2.29. The third-order valence-corrected chi connectivity index (χ3v) is 4.52. The number of methoxy groups -OCH3 is 1. The van der Waals surface area contributed by atoms with Crippen molar-refractivity contribution in [3.8, 4) is 0 Å². The molecule has 148 valence electrons. The van der Waals surface area contributed by atoms with E-state index in [0.717, 1.165) is 25.7 Å². The van der Waals surface area contributed by atoms with Crippen molar-refractivity contribution in [2.75, 3.05) is 13.7 Å². The Kier molecular flexibility index (Phi) is 9.75. The van der Waals surface area contributed by atoms with Crippen LogP contribution < -0.4 is 5.32 Å². The number of amides is 1. The first-order chi connectivity index (χ1) is 11.2. The van der Waals surface area contributed by atoms with E-state index < -0.39 is 5.97 Å². The van der Waals surface area contributed by atoms with Gasteiger partial charge in [0.2, 0.25) is 5.91 Å². The summed E-state index contributed by atoms with van der Waals surface area (Å²) in [7, 11) is 1.34. The van der Waals surface area contributed by atoms with Crippen molar-refractivity contribution in [3.63, 3.8) is 0 Å². The highest BCUT2D eigenvalue weighted by Crippen LogP contribution is 2.33. The van der Waals surface area contributed by atoms with Gasteiger partial charge in [-0.2, -0.15) is 0 Å². The van der Waals surface area contributed by atoms with E-state index in [2.05, 4.69) is 65.4 Å². The minimum absolute atomic E-state index is 0.0230. The molecule has 25 heavy (non-hydrogen) atoms. The summed E-state index contributed by atoms with van der Waals surface area (Å²) in [5.41, 5.74) is 0.483. The number of hydrogen-bond donors (Lipinski definition) is 1. The molecule has 0 saturated carbocycles. The average Bonchev–Trinajstić information content (AvgIpc) is 2.40. The van der Waals surface area contributed by atoms with Crippen molar-refractivity contribution in [2.24, 2.45) is 28.6 Å². The van der Waals surface area contributed by atoms with Crippen molar-refractivity contribution in [1.82, 2.24) is 5.32 Å². The normalized spacial score (nSPS) is 16.0. The van der Waals surface area contributed by atoms with Gasteiger partial charge in [0, 0.05) is 5.92 Å². The quantitative estimate of drug-likeness (QED) is 0.603. The summed E-state index contributed by atoms with van der Waals surface area (Å²) in [6, 6.07) is 0. The molecular weight excluding hydrogens is 314 g/mol. The van der Waals surface area contributed by atoms with Crippen molar-refractivity contribution in [3.05, 3.63) is 0 Å². The number of rotatable bonds is 9. The van der Waals surface area contributed by atoms with E-state index in [0.29, 0.717) is 11.3 Å². The van der Waals surface area contributed by atoms with Gasteiger partial charge in [0.15, 0.2) is 0 Å². The van der Waals surface area contributed by atoms with Crippen LogP contribution in [0.1, 0.15) is 81.1 Å². The molecule has 0 aromatic carbocycles. The van der Waals surface area contributed by atoms with E-state index in [-0.39, 0.29) is 29.7 Å². The molecule has 0 rings (SSSR count). The standard InChI is InChI=1S/C21H41NO3/c1-15(12-20(3,4)5)10-11-17(16(2)13-21(6,7)8)19(24)22-14-18(23)25-9/h15-17H,10-14H2,1-9H3,(H,22,24). The van der Waals surface area contributed by atoms with Crippen LogP contribution in [0.25, 0.3) is 0 Å². The molecule has 0 bridgehead atoms. The van der Waals surface area contributed by atoms with Gasteiger partial charge in [-0.25, -0.2) is 0 Å². The van der Waals surface area contributed by atoms with Gasteiger partial charge in [-0.3, -0.25) is 9.59 Å². The molecule has 0 aliphatic carbocycles. The number of carbonyl (C=O) groups excluding carboxylic acids is 2. The number of carbonyl (C=O) groups is 2. The van der Waals surface area contributed by atoms with Crippen molar-refractivity contribution in [2.45, 2.75) is 81.1 Å². The minimum Gasteiger partial charge on any atom is -0.468 e. The van der Waals surface area contributed by atoms with E-state index in [9.17, 15) is 9.59 Å². The van der Waals surface area contributed by atoms with Gasteiger partial charge in [-0.1, -0.05) is 55.4 Å². The van der Waals surface area contributed by atoms with E-state index >= 15 is 0 Å². The minimum atomic E-state index is -0.406. The maximum Gasteiger partial charge on any atom is 0.325 e. The average molecular weight is 356 g/mol. The third kappa shape index (κ3) is 12.0. The molecule has 0 saturated heterocycles. The summed E-state index contributed by atoms with van der Waals surface area (Å²) in [4.78, 5) is 24.0. The fraction of sp³-hybridized carbons (Fsp3) is 0.905. The zero-order chi connectivity index (χ0) is 19.8. The molecular formula is C21H41NO3. The van der Waals surface area contributed by atoms with Crippen LogP contribution in [0.5, 0.6) is 0 Å². The molecule has 3 atom stereocenters. The molecule has 3 unspecified atom stereocenters. The van der Waals surface area contributed by atoms with Crippen LogP contribution in [-0.4, -0.2) is 25.5 Å².